The van der Waals surface area contributed by atoms with Gasteiger partial charge in [-0.3, -0.25) is 9.59 Å². The molecule has 7 nitrogen and oxygen atoms in total. The summed E-state index contributed by atoms with van der Waals surface area (Å²) in [4.78, 5) is 27.6. The minimum atomic E-state index is -0.674. The van der Waals surface area contributed by atoms with Crippen LogP contribution in [0.3, 0.4) is 0 Å². The number of nitrogens with zero attached hydrogens (tertiary/aromatic N) is 1. The molecule has 0 saturated heterocycles. The fraction of sp³-hybridized carbons (Fsp3) is 0.0833. The molecule has 0 aliphatic carbocycles. The molecule has 0 bridgehead atoms. The molecule has 0 saturated carbocycles. The third-order valence-corrected chi connectivity index (χ3v) is 5.20. The van der Waals surface area contributed by atoms with Gasteiger partial charge in [0.15, 0.2) is 11.5 Å². The highest BCUT2D eigenvalue weighted by molar-refractivity contribution is 6.46. The Bertz CT molecular complexity index is 1270. The summed E-state index contributed by atoms with van der Waals surface area (Å²) in [7, 11) is 1.53. The summed E-state index contributed by atoms with van der Waals surface area (Å²) in [5.41, 5.74) is 1.05. The lowest BCUT2D eigenvalue weighted by Crippen LogP contribution is -2.33. The molecule has 3 aromatic rings. The zero-order valence-electron chi connectivity index (χ0n) is 16.9. The summed E-state index contributed by atoms with van der Waals surface area (Å²) in [6, 6.07) is 17.4. The van der Waals surface area contributed by atoms with Crippen molar-refractivity contribution in [3.8, 4) is 17.2 Å². The van der Waals surface area contributed by atoms with E-state index in [4.69, 9.17) is 14.2 Å². The average molecular weight is 432 g/mol. The lowest BCUT2D eigenvalue weighted by atomic mass is 10.0. The van der Waals surface area contributed by atoms with Gasteiger partial charge in [0.1, 0.15) is 17.3 Å². The second-order valence-corrected chi connectivity index (χ2v) is 7.07. The van der Waals surface area contributed by atoms with Crippen molar-refractivity contribution in [2.45, 2.75) is 0 Å². The van der Waals surface area contributed by atoms with E-state index in [-0.39, 0.29) is 23.8 Å². The van der Waals surface area contributed by atoms with Crippen LogP contribution in [0.5, 0.6) is 17.2 Å². The van der Waals surface area contributed by atoms with Crippen LogP contribution in [0.4, 0.5) is 15.8 Å². The van der Waals surface area contributed by atoms with Crippen LogP contribution < -0.4 is 24.4 Å². The molecule has 1 N–H and O–H groups in total. The van der Waals surface area contributed by atoms with Crippen molar-refractivity contribution in [3.05, 3.63) is 83.8 Å². The van der Waals surface area contributed by atoms with Crippen LogP contribution in [0.2, 0.25) is 0 Å². The first-order valence-electron chi connectivity index (χ1n) is 9.75. The Hall–Kier alpha value is -4.33. The number of halogens is 1. The molecule has 3 aromatic carbocycles. The van der Waals surface area contributed by atoms with Crippen LogP contribution in [0, 0.1) is 5.82 Å². The quantitative estimate of drug-likeness (QED) is 0.615. The lowest BCUT2D eigenvalue weighted by Gasteiger charge is -2.16. The second kappa shape index (κ2) is 7.73. The number of carbonyl (C=O) groups is 2. The topological polar surface area (TPSA) is 77.1 Å². The molecule has 0 spiro atoms. The van der Waals surface area contributed by atoms with Gasteiger partial charge in [-0.25, -0.2) is 9.29 Å². The maximum Gasteiger partial charge on any atom is 0.282 e. The fourth-order valence-corrected chi connectivity index (χ4v) is 3.64. The van der Waals surface area contributed by atoms with E-state index in [2.05, 4.69) is 5.32 Å². The van der Waals surface area contributed by atoms with Gasteiger partial charge in [0.2, 0.25) is 6.79 Å². The summed E-state index contributed by atoms with van der Waals surface area (Å²) in [6.07, 6.45) is 0. The lowest BCUT2D eigenvalue weighted by molar-refractivity contribution is -0.120. The third-order valence-electron chi connectivity index (χ3n) is 5.20. The molecule has 0 atom stereocenters. The van der Waals surface area contributed by atoms with Crippen LogP contribution in [-0.4, -0.2) is 25.7 Å². The number of hydrogen-bond acceptors (Lipinski definition) is 6. The molecule has 0 unspecified atom stereocenters. The minimum absolute atomic E-state index is 0.0299. The first-order chi connectivity index (χ1) is 15.6. The Morgan fingerprint density at radius 2 is 1.69 bits per heavy atom. The largest absolute Gasteiger partial charge is 0.497 e. The molecule has 32 heavy (non-hydrogen) atoms. The Morgan fingerprint density at radius 3 is 2.44 bits per heavy atom. The molecule has 0 aromatic heterocycles. The summed E-state index contributed by atoms with van der Waals surface area (Å²) in [6.45, 7) is 0.108. The van der Waals surface area contributed by atoms with Crippen molar-refractivity contribution in [2.75, 3.05) is 24.1 Å². The van der Waals surface area contributed by atoms with E-state index in [0.29, 0.717) is 28.5 Å². The highest BCUT2D eigenvalue weighted by atomic mass is 19.1. The molecule has 2 aliphatic heterocycles. The van der Waals surface area contributed by atoms with Gasteiger partial charge in [0, 0.05) is 11.8 Å². The number of fused-ring (bicyclic) bond motifs is 1. The SMILES string of the molecule is COc1ccc(C2=C(Nc3ccc4c(c3)OCO4)C(=O)N(c3ccccc3F)C2=O)cc1. The van der Waals surface area contributed by atoms with Crippen molar-refractivity contribution in [1.82, 2.24) is 0 Å². The standard InChI is InChI=1S/C24H17FN2O5/c1-30-16-9-6-14(7-10-16)21-22(26-15-8-11-19-20(12-15)32-13-31-19)24(29)27(23(21)28)18-5-3-2-4-17(18)25/h2-12,26H,13H2,1H3. The first kappa shape index (κ1) is 19.6. The Morgan fingerprint density at radius 1 is 0.938 bits per heavy atom. The molecule has 2 aliphatic rings. The molecule has 2 amide bonds. The van der Waals surface area contributed by atoms with Gasteiger partial charge in [0.05, 0.1) is 18.4 Å². The van der Waals surface area contributed by atoms with Crippen LogP contribution in [0.15, 0.2) is 72.4 Å². The molecular weight excluding hydrogens is 415 g/mol. The predicted molar refractivity (Wildman–Crippen MR) is 115 cm³/mol. The van der Waals surface area contributed by atoms with Gasteiger partial charge in [-0.15, -0.1) is 0 Å². The van der Waals surface area contributed by atoms with Crippen LogP contribution >= 0.6 is 0 Å². The zero-order valence-corrected chi connectivity index (χ0v) is 16.9. The Balaban J connectivity index is 1.60. The van der Waals surface area contributed by atoms with E-state index in [0.717, 1.165) is 4.90 Å². The monoisotopic (exact) mass is 432 g/mol. The van der Waals surface area contributed by atoms with E-state index in [1.165, 1.54) is 25.3 Å². The van der Waals surface area contributed by atoms with E-state index in [1.807, 2.05) is 0 Å². The third kappa shape index (κ3) is 3.22. The summed E-state index contributed by atoms with van der Waals surface area (Å²) >= 11 is 0. The van der Waals surface area contributed by atoms with Gasteiger partial charge in [-0.05, 0) is 42.0 Å². The van der Waals surface area contributed by atoms with Gasteiger partial charge in [0.25, 0.3) is 11.8 Å². The summed E-state index contributed by atoms with van der Waals surface area (Å²) in [5, 5.41) is 3.03. The highest BCUT2D eigenvalue weighted by Gasteiger charge is 2.41. The number of para-hydroxylation sites is 1. The summed E-state index contributed by atoms with van der Waals surface area (Å²) in [5.74, 6) is -0.266. The van der Waals surface area contributed by atoms with Gasteiger partial charge >= 0.3 is 0 Å². The summed E-state index contributed by atoms with van der Waals surface area (Å²) < 4.78 is 30.4. The molecule has 5 rings (SSSR count). The number of rotatable bonds is 5. The second-order valence-electron chi connectivity index (χ2n) is 7.07. The molecule has 2 heterocycles. The molecule has 160 valence electrons. The van der Waals surface area contributed by atoms with Gasteiger partial charge in [-0.2, -0.15) is 0 Å². The molecular formula is C24H17FN2O5. The van der Waals surface area contributed by atoms with E-state index in [1.54, 1.807) is 48.5 Å². The maximum atomic E-state index is 14.5. The number of amides is 2. The van der Waals surface area contributed by atoms with Crippen LogP contribution in [-0.2, 0) is 9.59 Å². The highest BCUT2D eigenvalue weighted by Crippen LogP contribution is 2.38. The van der Waals surface area contributed by atoms with E-state index in [9.17, 15) is 14.0 Å². The van der Waals surface area contributed by atoms with Crippen molar-refractivity contribution >= 4 is 28.8 Å². The van der Waals surface area contributed by atoms with Crippen molar-refractivity contribution < 1.29 is 28.2 Å². The first-order valence-corrected chi connectivity index (χ1v) is 9.75. The zero-order chi connectivity index (χ0) is 22.2. The maximum absolute atomic E-state index is 14.5. The van der Waals surface area contributed by atoms with Crippen molar-refractivity contribution in [3.63, 3.8) is 0 Å². The van der Waals surface area contributed by atoms with Gasteiger partial charge < -0.3 is 19.5 Å². The van der Waals surface area contributed by atoms with E-state index >= 15 is 0 Å². The number of hydrogen-bond donors (Lipinski definition) is 1. The van der Waals surface area contributed by atoms with Crippen molar-refractivity contribution in [1.29, 1.82) is 0 Å². The molecule has 0 radical (unpaired) electrons. The normalized spacial score (nSPS) is 14.9. The number of imide groups is 1. The van der Waals surface area contributed by atoms with E-state index < -0.39 is 17.6 Å². The molecule has 0 fully saturated rings. The Labute approximate surface area is 182 Å². The fourth-order valence-electron chi connectivity index (χ4n) is 3.64. The van der Waals surface area contributed by atoms with Crippen LogP contribution in [0.1, 0.15) is 5.56 Å². The number of ether oxygens (including phenoxy) is 3. The average Bonchev–Trinajstić information content (AvgIpc) is 3.37. The number of benzene rings is 3. The Kier molecular flexibility index (Phi) is 4.74. The number of anilines is 2. The van der Waals surface area contributed by atoms with Crippen LogP contribution in [0.25, 0.3) is 5.57 Å². The van der Waals surface area contributed by atoms with Crippen molar-refractivity contribution in [2.24, 2.45) is 0 Å². The number of methoxy groups -OCH3 is 1. The smallest absolute Gasteiger partial charge is 0.282 e. The number of nitrogens with one attached hydrogen (secondary N) is 1. The predicted octanol–water partition coefficient (Wildman–Crippen LogP) is 3.96. The van der Waals surface area contributed by atoms with Gasteiger partial charge in [-0.1, -0.05) is 24.3 Å². The minimum Gasteiger partial charge on any atom is -0.497 e. The molecule has 8 heteroatoms. The number of carbonyl (C=O) groups excluding carboxylic acids is 2.